The number of H-pyrrole nitrogens is 1. The number of aliphatic hydroxyl groups is 2. The minimum absolute atomic E-state index is 0.0933. The third-order valence-electron chi connectivity index (χ3n) is 3.80. The van der Waals surface area contributed by atoms with Gasteiger partial charge in [-0.25, -0.2) is 9.97 Å². The molecule has 0 bridgehead atoms. The van der Waals surface area contributed by atoms with E-state index in [1.54, 1.807) is 0 Å². The Kier molecular flexibility index (Phi) is 3.82. The van der Waals surface area contributed by atoms with Crippen molar-refractivity contribution in [3.63, 3.8) is 0 Å². The molecule has 0 aliphatic carbocycles. The van der Waals surface area contributed by atoms with Gasteiger partial charge in [0, 0.05) is 0 Å². The summed E-state index contributed by atoms with van der Waals surface area (Å²) in [5.74, 6) is 2.44. The Hall–Kier alpha value is -1.70. The average Bonchev–Trinajstić information content (AvgIpc) is 3.00. The summed E-state index contributed by atoms with van der Waals surface area (Å²) in [5.41, 5.74) is 6.48. The number of fused-ring (bicyclic) bond motifs is 1. The van der Waals surface area contributed by atoms with Gasteiger partial charge in [0.25, 0.3) is 0 Å². The van der Waals surface area contributed by atoms with E-state index in [1.807, 2.05) is 0 Å². The lowest BCUT2D eigenvalue weighted by Gasteiger charge is -2.25. The van der Waals surface area contributed by atoms with Crippen molar-refractivity contribution in [2.75, 3.05) is 5.73 Å². The Bertz CT molecular complexity index is 859. The summed E-state index contributed by atoms with van der Waals surface area (Å²) in [6.45, 7) is 1.48. The van der Waals surface area contributed by atoms with Crippen molar-refractivity contribution in [3.05, 3.63) is 11.0 Å². The van der Waals surface area contributed by atoms with Crippen LogP contribution in [-0.4, -0.2) is 52.9 Å². The van der Waals surface area contributed by atoms with E-state index >= 15 is 0 Å². The minimum atomic E-state index is -1.59. The number of nitrogen functional groups attached to an aromatic ring is 1. The Balaban J connectivity index is 2.18. The zero-order valence-electron chi connectivity index (χ0n) is 12.0. The molecule has 0 radical (unpaired) electrons. The number of hydrogen-bond acceptors (Lipinski definition) is 7. The van der Waals surface area contributed by atoms with Crippen LogP contribution in [0.25, 0.3) is 11.2 Å². The highest BCUT2D eigenvalue weighted by Gasteiger charge is 2.57. The number of imidazole rings is 1. The summed E-state index contributed by atoms with van der Waals surface area (Å²) >= 11 is 11.5. The number of aromatic amines is 1. The first kappa shape index (κ1) is 16.2. The van der Waals surface area contributed by atoms with E-state index in [4.69, 9.17) is 40.7 Å². The Morgan fingerprint density at radius 1 is 1.70 bits per heavy atom. The highest BCUT2D eigenvalue weighted by Crippen LogP contribution is 2.44. The number of aliphatic hydroxyl groups excluding tert-OH is 2. The monoisotopic (exact) mass is 355 g/mol. The van der Waals surface area contributed by atoms with Crippen LogP contribution in [-0.2, 0) is 4.74 Å². The molecule has 1 fully saturated rings. The van der Waals surface area contributed by atoms with Crippen molar-refractivity contribution < 1.29 is 14.9 Å². The van der Waals surface area contributed by atoms with Crippen LogP contribution < -0.4 is 5.73 Å². The van der Waals surface area contributed by atoms with Crippen molar-refractivity contribution >= 4 is 40.9 Å². The summed E-state index contributed by atoms with van der Waals surface area (Å²) in [6, 6.07) is 0. The molecule has 8 nitrogen and oxygen atoms in total. The van der Waals surface area contributed by atoms with Crippen LogP contribution in [0.2, 0.25) is 0 Å². The second-order valence-electron chi connectivity index (χ2n) is 5.33. The van der Waals surface area contributed by atoms with Crippen LogP contribution >= 0.6 is 23.8 Å². The van der Waals surface area contributed by atoms with Crippen molar-refractivity contribution in [2.45, 2.75) is 36.3 Å². The molecule has 5 N–H and O–H groups in total. The minimum Gasteiger partial charge on any atom is -0.391 e. The van der Waals surface area contributed by atoms with Crippen molar-refractivity contribution in [2.24, 2.45) is 0 Å². The highest BCUT2D eigenvalue weighted by molar-refractivity contribution is 7.71. The van der Waals surface area contributed by atoms with Gasteiger partial charge in [-0.2, -0.15) is 0 Å². The molecule has 3 rings (SSSR count). The lowest BCUT2D eigenvalue weighted by Crippen LogP contribution is -2.43. The number of aromatic nitrogens is 4. The van der Waals surface area contributed by atoms with Crippen molar-refractivity contribution in [1.82, 2.24) is 19.5 Å². The molecule has 2 aromatic heterocycles. The third-order valence-corrected chi connectivity index (χ3v) is 4.61. The smallest absolute Gasteiger partial charge is 0.200 e. The summed E-state index contributed by atoms with van der Waals surface area (Å²) in [7, 11) is 0. The first-order chi connectivity index (χ1) is 10.8. The molecule has 1 aliphatic rings. The second-order valence-corrected chi connectivity index (χ2v) is 6.34. The number of alkyl halides is 1. The van der Waals surface area contributed by atoms with E-state index in [0.29, 0.717) is 11.2 Å². The van der Waals surface area contributed by atoms with E-state index in [-0.39, 0.29) is 10.6 Å². The maximum Gasteiger partial charge on any atom is 0.200 e. The van der Waals surface area contributed by atoms with Crippen molar-refractivity contribution in [1.29, 1.82) is 0 Å². The zero-order valence-corrected chi connectivity index (χ0v) is 13.5. The molecule has 0 saturated carbocycles. The molecule has 5 atom stereocenters. The molecule has 1 saturated heterocycles. The molecular formula is C13H14ClN5O3S. The SMILES string of the molecule is C#CC1(Cl)[C@@H](O)[C@@H]([C@@H](C)O)O[C@H]1n1cnc2c(=S)nc(N)[nH]c21. The molecule has 0 aromatic carbocycles. The van der Waals surface area contributed by atoms with Gasteiger partial charge in [-0.1, -0.05) is 29.7 Å². The van der Waals surface area contributed by atoms with Crippen molar-refractivity contribution in [3.8, 4) is 12.3 Å². The molecule has 3 heterocycles. The Morgan fingerprint density at radius 3 is 3.00 bits per heavy atom. The van der Waals surface area contributed by atoms with Gasteiger partial charge in [0.05, 0.1) is 12.4 Å². The van der Waals surface area contributed by atoms with E-state index in [2.05, 4.69) is 20.9 Å². The topological polar surface area (TPSA) is 122 Å². The summed E-state index contributed by atoms with van der Waals surface area (Å²) in [4.78, 5) is 9.30. The summed E-state index contributed by atoms with van der Waals surface area (Å²) in [6.07, 6.45) is 2.74. The number of terminal acetylenes is 1. The molecular weight excluding hydrogens is 342 g/mol. The molecule has 122 valence electrons. The van der Waals surface area contributed by atoms with E-state index < -0.39 is 29.4 Å². The second kappa shape index (κ2) is 5.43. The molecule has 23 heavy (non-hydrogen) atoms. The largest absolute Gasteiger partial charge is 0.391 e. The third kappa shape index (κ3) is 2.31. The number of halogens is 1. The lowest BCUT2D eigenvalue weighted by molar-refractivity contribution is -0.0752. The fraction of sp³-hybridized carbons (Fsp3) is 0.462. The quantitative estimate of drug-likeness (QED) is 0.347. The van der Waals surface area contributed by atoms with Gasteiger partial charge >= 0.3 is 0 Å². The van der Waals surface area contributed by atoms with Crippen LogP contribution in [0.3, 0.4) is 0 Å². The van der Waals surface area contributed by atoms with Crippen LogP contribution in [0.4, 0.5) is 5.95 Å². The van der Waals surface area contributed by atoms with Crippen LogP contribution in [0, 0.1) is 17.0 Å². The van der Waals surface area contributed by atoms with Gasteiger partial charge in [-0.15, -0.1) is 6.42 Å². The number of nitrogens with zero attached hydrogens (tertiary/aromatic N) is 3. The standard InChI is InChI=1S/C13H14ClN5O3S/c1-3-13(14)8(21)7(5(2)20)22-11(13)19-4-16-6-9(19)17-12(15)18-10(6)23/h1,4-5,7-8,11,20-21H,2H3,(H3,15,17,18,23)/t5-,7-,8+,11-,13?/m1/s1. The zero-order chi connectivity index (χ0) is 16.9. The maximum absolute atomic E-state index is 10.4. The first-order valence-corrected chi connectivity index (χ1v) is 7.48. The van der Waals surface area contributed by atoms with Gasteiger partial charge in [-0.05, 0) is 6.92 Å². The number of hydrogen-bond donors (Lipinski definition) is 4. The number of anilines is 1. The van der Waals surface area contributed by atoms with Gasteiger partial charge in [0.2, 0.25) is 0 Å². The maximum atomic E-state index is 10.4. The van der Waals surface area contributed by atoms with Gasteiger partial charge in [-0.3, -0.25) is 4.57 Å². The van der Waals surface area contributed by atoms with Crippen LogP contribution in [0.1, 0.15) is 13.2 Å². The normalized spacial score (nSPS) is 32.0. The average molecular weight is 356 g/mol. The van der Waals surface area contributed by atoms with Crippen LogP contribution in [0.15, 0.2) is 6.33 Å². The fourth-order valence-electron chi connectivity index (χ4n) is 2.64. The fourth-order valence-corrected chi connectivity index (χ4v) is 3.17. The molecule has 2 aromatic rings. The van der Waals surface area contributed by atoms with Gasteiger partial charge in [0.1, 0.15) is 23.4 Å². The van der Waals surface area contributed by atoms with Gasteiger partial charge in [0.15, 0.2) is 21.7 Å². The highest BCUT2D eigenvalue weighted by atomic mass is 35.5. The number of rotatable bonds is 2. The first-order valence-electron chi connectivity index (χ1n) is 6.70. The summed E-state index contributed by atoms with van der Waals surface area (Å²) < 4.78 is 7.40. The Morgan fingerprint density at radius 2 is 2.39 bits per heavy atom. The van der Waals surface area contributed by atoms with Gasteiger partial charge < -0.3 is 25.7 Å². The number of ether oxygens (including phenoxy) is 1. The Labute approximate surface area is 141 Å². The van der Waals surface area contributed by atoms with E-state index in [1.165, 1.54) is 17.8 Å². The molecule has 10 heteroatoms. The summed E-state index contributed by atoms with van der Waals surface area (Å²) in [5, 5.41) is 20.1. The predicted molar refractivity (Wildman–Crippen MR) is 86.1 cm³/mol. The molecule has 0 spiro atoms. The predicted octanol–water partition coefficient (Wildman–Crippen LogP) is 0.321. The number of nitrogens with two attached hydrogens (primary N) is 1. The van der Waals surface area contributed by atoms with E-state index in [0.717, 1.165) is 0 Å². The molecule has 0 amide bonds. The number of nitrogens with one attached hydrogen (secondary N) is 1. The molecule has 1 aliphatic heterocycles. The lowest BCUT2D eigenvalue weighted by atomic mass is 9.97. The van der Waals surface area contributed by atoms with Crippen LogP contribution in [0.5, 0.6) is 0 Å². The van der Waals surface area contributed by atoms with E-state index in [9.17, 15) is 10.2 Å². The molecule has 1 unspecified atom stereocenters.